The van der Waals surface area contributed by atoms with Gasteiger partial charge < -0.3 is 15.2 Å². The maximum atomic E-state index is 4.88. The number of rotatable bonds is 2. The van der Waals surface area contributed by atoms with Crippen LogP contribution in [0.3, 0.4) is 0 Å². The number of piperazine rings is 1. The normalized spacial score (nSPS) is 20.4. The summed E-state index contributed by atoms with van der Waals surface area (Å²) in [5, 5.41) is 3.47. The van der Waals surface area contributed by atoms with Crippen LogP contribution >= 0.6 is 0 Å². The first-order valence-electron chi connectivity index (χ1n) is 7.11. The standard InChI is InChI=1S/C15H22N4/c1-10(2)12-8-17-13-4-5-14(18-15(12)13)19-7-6-16-11(3)9-19/h4-5,8,10-11,16-17H,6-7,9H2,1-3H3. The third kappa shape index (κ3) is 2.32. The molecule has 1 aliphatic rings. The lowest BCUT2D eigenvalue weighted by molar-refractivity contribution is 0.482. The summed E-state index contributed by atoms with van der Waals surface area (Å²) in [7, 11) is 0. The predicted octanol–water partition coefficient (Wildman–Crippen LogP) is 2.48. The Morgan fingerprint density at radius 3 is 2.95 bits per heavy atom. The summed E-state index contributed by atoms with van der Waals surface area (Å²) < 4.78 is 0. The molecule has 0 bridgehead atoms. The molecule has 4 nitrogen and oxygen atoms in total. The number of hydrogen-bond acceptors (Lipinski definition) is 3. The van der Waals surface area contributed by atoms with Crippen LogP contribution in [0.2, 0.25) is 0 Å². The Bertz CT molecular complexity index is 573. The van der Waals surface area contributed by atoms with Crippen molar-refractivity contribution in [2.45, 2.75) is 32.7 Å². The summed E-state index contributed by atoms with van der Waals surface area (Å²) in [5.74, 6) is 1.60. The van der Waals surface area contributed by atoms with Crippen LogP contribution in [0.4, 0.5) is 5.82 Å². The summed E-state index contributed by atoms with van der Waals surface area (Å²) in [6, 6.07) is 4.80. The van der Waals surface area contributed by atoms with E-state index in [4.69, 9.17) is 4.98 Å². The van der Waals surface area contributed by atoms with Gasteiger partial charge in [-0.25, -0.2) is 4.98 Å². The van der Waals surface area contributed by atoms with E-state index in [1.807, 2.05) is 0 Å². The van der Waals surface area contributed by atoms with Crippen molar-refractivity contribution in [1.29, 1.82) is 0 Å². The third-order valence-electron chi connectivity index (χ3n) is 3.85. The van der Waals surface area contributed by atoms with Gasteiger partial charge in [-0.3, -0.25) is 0 Å². The second-order valence-electron chi connectivity index (χ2n) is 5.77. The quantitative estimate of drug-likeness (QED) is 0.870. The van der Waals surface area contributed by atoms with Gasteiger partial charge in [0.2, 0.25) is 0 Å². The van der Waals surface area contributed by atoms with Crippen LogP contribution < -0.4 is 10.2 Å². The Morgan fingerprint density at radius 2 is 2.21 bits per heavy atom. The number of nitrogens with one attached hydrogen (secondary N) is 2. The number of H-pyrrole nitrogens is 1. The van der Waals surface area contributed by atoms with Crippen LogP contribution in [0.1, 0.15) is 32.3 Å². The van der Waals surface area contributed by atoms with E-state index in [9.17, 15) is 0 Å². The van der Waals surface area contributed by atoms with Gasteiger partial charge in [0, 0.05) is 31.9 Å². The maximum Gasteiger partial charge on any atom is 0.129 e. The minimum Gasteiger partial charge on any atom is -0.360 e. The van der Waals surface area contributed by atoms with Crippen LogP contribution in [0.15, 0.2) is 18.3 Å². The Balaban J connectivity index is 1.98. The average Bonchev–Trinajstić information content (AvgIpc) is 2.81. The molecule has 0 amide bonds. The average molecular weight is 258 g/mol. The highest BCUT2D eigenvalue weighted by Gasteiger charge is 2.18. The fourth-order valence-corrected chi connectivity index (χ4v) is 2.77. The maximum absolute atomic E-state index is 4.88. The minimum atomic E-state index is 0.499. The van der Waals surface area contributed by atoms with E-state index in [1.165, 1.54) is 5.56 Å². The zero-order valence-electron chi connectivity index (χ0n) is 11.9. The SMILES string of the molecule is CC1CN(c2ccc3[nH]cc(C(C)C)c3n2)CCN1. The third-order valence-corrected chi connectivity index (χ3v) is 3.85. The Morgan fingerprint density at radius 1 is 1.37 bits per heavy atom. The molecule has 2 aromatic rings. The van der Waals surface area contributed by atoms with Gasteiger partial charge in [-0.2, -0.15) is 0 Å². The number of aromatic amines is 1. The second kappa shape index (κ2) is 4.85. The molecule has 0 aliphatic carbocycles. The zero-order valence-corrected chi connectivity index (χ0v) is 11.9. The van der Waals surface area contributed by atoms with Gasteiger partial charge >= 0.3 is 0 Å². The van der Waals surface area contributed by atoms with Crippen molar-refractivity contribution in [3.63, 3.8) is 0 Å². The van der Waals surface area contributed by atoms with E-state index in [1.54, 1.807) is 0 Å². The number of fused-ring (bicyclic) bond motifs is 1. The van der Waals surface area contributed by atoms with Crippen LogP contribution in [0.5, 0.6) is 0 Å². The zero-order chi connectivity index (χ0) is 13.4. The molecule has 19 heavy (non-hydrogen) atoms. The molecule has 2 aromatic heterocycles. The molecule has 1 fully saturated rings. The molecule has 1 aliphatic heterocycles. The number of anilines is 1. The first kappa shape index (κ1) is 12.5. The number of nitrogens with zero attached hydrogens (tertiary/aromatic N) is 2. The minimum absolute atomic E-state index is 0.499. The molecule has 3 heterocycles. The fraction of sp³-hybridized carbons (Fsp3) is 0.533. The van der Waals surface area contributed by atoms with Crippen molar-refractivity contribution in [3.05, 3.63) is 23.9 Å². The van der Waals surface area contributed by atoms with Gasteiger partial charge in [-0.1, -0.05) is 13.8 Å². The lowest BCUT2D eigenvalue weighted by atomic mass is 10.1. The molecule has 3 rings (SSSR count). The molecule has 2 N–H and O–H groups in total. The molecule has 0 saturated carbocycles. The highest BCUT2D eigenvalue weighted by atomic mass is 15.2. The largest absolute Gasteiger partial charge is 0.360 e. The van der Waals surface area contributed by atoms with Gasteiger partial charge in [0.25, 0.3) is 0 Å². The van der Waals surface area contributed by atoms with E-state index >= 15 is 0 Å². The van der Waals surface area contributed by atoms with Crippen LogP contribution in [0.25, 0.3) is 11.0 Å². The Hall–Kier alpha value is -1.55. The molecule has 102 valence electrons. The molecule has 1 atom stereocenters. The smallest absolute Gasteiger partial charge is 0.129 e. The van der Waals surface area contributed by atoms with Gasteiger partial charge in [0.1, 0.15) is 5.82 Å². The van der Waals surface area contributed by atoms with Crippen molar-refractivity contribution >= 4 is 16.9 Å². The van der Waals surface area contributed by atoms with E-state index in [2.05, 4.69) is 54.3 Å². The Labute approximate surface area is 114 Å². The molecular formula is C15H22N4. The van der Waals surface area contributed by atoms with Crippen molar-refractivity contribution in [2.75, 3.05) is 24.5 Å². The van der Waals surface area contributed by atoms with Crippen LogP contribution in [-0.4, -0.2) is 35.6 Å². The predicted molar refractivity (Wildman–Crippen MR) is 79.9 cm³/mol. The first-order valence-corrected chi connectivity index (χ1v) is 7.11. The highest BCUT2D eigenvalue weighted by molar-refractivity contribution is 5.81. The first-order chi connectivity index (χ1) is 9.15. The van der Waals surface area contributed by atoms with E-state index < -0.39 is 0 Å². The molecule has 0 radical (unpaired) electrons. The van der Waals surface area contributed by atoms with E-state index in [-0.39, 0.29) is 0 Å². The summed E-state index contributed by atoms with van der Waals surface area (Å²) in [4.78, 5) is 10.6. The lowest BCUT2D eigenvalue weighted by Crippen LogP contribution is -2.49. The summed E-state index contributed by atoms with van der Waals surface area (Å²) in [6.07, 6.45) is 2.09. The van der Waals surface area contributed by atoms with Crippen molar-refractivity contribution < 1.29 is 0 Å². The van der Waals surface area contributed by atoms with Crippen molar-refractivity contribution in [2.24, 2.45) is 0 Å². The molecule has 4 heteroatoms. The molecule has 0 spiro atoms. The number of hydrogen-bond donors (Lipinski definition) is 2. The van der Waals surface area contributed by atoms with Crippen LogP contribution in [0, 0.1) is 0 Å². The Kier molecular flexibility index (Phi) is 3.19. The number of aromatic nitrogens is 2. The molecular weight excluding hydrogens is 236 g/mol. The van der Waals surface area contributed by atoms with Gasteiger partial charge in [-0.05, 0) is 30.5 Å². The monoisotopic (exact) mass is 258 g/mol. The van der Waals surface area contributed by atoms with Gasteiger partial charge in [0.15, 0.2) is 0 Å². The topological polar surface area (TPSA) is 44.0 Å². The van der Waals surface area contributed by atoms with Crippen molar-refractivity contribution in [1.82, 2.24) is 15.3 Å². The molecule has 1 saturated heterocycles. The van der Waals surface area contributed by atoms with Gasteiger partial charge in [-0.15, -0.1) is 0 Å². The van der Waals surface area contributed by atoms with E-state index in [0.717, 1.165) is 36.5 Å². The highest BCUT2D eigenvalue weighted by Crippen LogP contribution is 2.26. The number of pyridine rings is 1. The summed E-state index contributed by atoms with van der Waals surface area (Å²) in [6.45, 7) is 9.74. The van der Waals surface area contributed by atoms with E-state index in [0.29, 0.717) is 12.0 Å². The van der Waals surface area contributed by atoms with Crippen molar-refractivity contribution in [3.8, 4) is 0 Å². The molecule has 1 unspecified atom stereocenters. The summed E-state index contributed by atoms with van der Waals surface area (Å²) in [5.41, 5.74) is 3.56. The second-order valence-corrected chi connectivity index (χ2v) is 5.77. The van der Waals surface area contributed by atoms with Gasteiger partial charge in [0.05, 0.1) is 11.0 Å². The summed E-state index contributed by atoms with van der Waals surface area (Å²) >= 11 is 0. The lowest BCUT2D eigenvalue weighted by Gasteiger charge is -2.32. The van der Waals surface area contributed by atoms with Crippen LogP contribution in [-0.2, 0) is 0 Å². The molecule has 0 aromatic carbocycles. The fourth-order valence-electron chi connectivity index (χ4n) is 2.77.